The fourth-order valence-electron chi connectivity index (χ4n) is 5.63. The number of piperidine rings is 1. The maximum atomic E-state index is 3.70. The van der Waals surface area contributed by atoms with Crippen LogP contribution in [0.5, 0.6) is 0 Å². The van der Waals surface area contributed by atoms with Gasteiger partial charge in [-0.15, -0.1) is 0 Å². The highest BCUT2D eigenvalue weighted by Gasteiger charge is 2.44. The first-order valence-electron chi connectivity index (χ1n) is 9.06. The molecule has 0 aromatic heterocycles. The molecular formula is C18H34N2. The third-order valence-corrected chi connectivity index (χ3v) is 6.57. The molecule has 0 spiro atoms. The summed E-state index contributed by atoms with van der Waals surface area (Å²) in [5, 5.41) is 3.70. The predicted molar refractivity (Wildman–Crippen MR) is 86.0 cm³/mol. The monoisotopic (exact) mass is 278 g/mol. The van der Waals surface area contributed by atoms with E-state index in [1.54, 1.807) is 0 Å². The van der Waals surface area contributed by atoms with Gasteiger partial charge in [-0.25, -0.2) is 0 Å². The van der Waals surface area contributed by atoms with Gasteiger partial charge >= 0.3 is 0 Å². The molecule has 0 amide bonds. The first-order chi connectivity index (χ1) is 9.63. The molecule has 3 rings (SSSR count). The Morgan fingerprint density at radius 3 is 2.40 bits per heavy atom. The van der Waals surface area contributed by atoms with Crippen molar-refractivity contribution in [3.63, 3.8) is 0 Å². The molecule has 0 radical (unpaired) electrons. The summed E-state index contributed by atoms with van der Waals surface area (Å²) in [6.07, 6.45) is 13.1. The zero-order valence-electron chi connectivity index (χ0n) is 13.8. The second-order valence-electron chi connectivity index (χ2n) is 8.21. The zero-order valence-corrected chi connectivity index (χ0v) is 13.8. The van der Waals surface area contributed by atoms with Crippen molar-refractivity contribution in [1.82, 2.24) is 10.2 Å². The smallest absolute Gasteiger partial charge is 0.0271 e. The number of nitrogens with one attached hydrogen (secondary N) is 1. The summed E-state index contributed by atoms with van der Waals surface area (Å²) in [6.45, 7) is 6.31. The quantitative estimate of drug-likeness (QED) is 0.826. The number of likely N-dealkylation sites (N-methyl/N-ethyl adjacent to an activating group) is 1. The van der Waals surface area contributed by atoms with Crippen LogP contribution in [0.2, 0.25) is 0 Å². The van der Waals surface area contributed by atoms with E-state index in [4.69, 9.17) is 0 Å². The van der Waals surface area contributed by atoms with Gasteiger partial charge in [0.25, 0.3) is 0 Å². The van der Waals surface area contributed by atoms with Crippen LogP contribution in [0.3, 0.4) is 0 Å². The highest BCUT2D eigenvalue weighted by atomic mass is 15.2. The van der Waals surface area contributed by atoms with Crippen LogP contribution >= 0.6 is 0 Å². The number of hydrogen-bond acceptors (Lipinski definition) is 2. The fraction of sp³-hybridized carbons (Fsp3) is 1.00. The molecule has 3 aliphatic rings. The van der Waals surface area contributed by atoms with Crippen LogP contribution in [0.1, 0.15) is 71.6 Å². The minimum Gasteiger partial charge on any atom is -0.315 e. The van der Waals surface area contributed by atoms with Crippen molar-refractivity contribution in [1.29, 1.82) is 0 Å². The first-order valence-corrected chi connectivity index (χ1v) is 9.06. The Hall–Kier alpha value is -0.0800. The molecule has 0 aromatic carbocycles. The Labute approximate surface area is 125 Å². The summed E-state index contributed by atoms with van der Waals surface area (Å²) in [4.78, 5) is 2.95. The van der Waals surface area contributed by atoms with Gasteiger partial charge < -0.3 is 5.32 Å². The number of fused-ring (bicyclic) bond motifs is 1. The van der Waals surface area contributed by atoms with Crippen LogP contribution in [0.15, 0.2) is 0 Å². The lowest BCUT2D eigenvalue weighted by Crippen LogP contribution is -2.62. The molecule has 2 nitrogen and oxygen atoms in total. The molecule has 116 valence electrons. The summed E-state index contributed by atoms with van der Waals surface area (Å²) < 4.78 is 0. The van der Waals surface area contributed by atoms with Crippen LogP contribution in [0.25, 0.3) is 0 Å². The molecule has 1 N–H and O–H groups in total. The third-order valence-electron chi connectivity index (χ3n) is 6.57. The SMILES string of the molecule is CNC1C(N2CCCC3CCCCC32)CCCC1(C)C. The van der Waals surface area contributed by atoms with E-state index >= 15 is 0 Å². The average Bonchev–Trinajstić information content (AvgIpc) is 2.45. The van der Waals surface area contributed by atoms with E-state index in [1.807, 2.05) is 0 Å². The number of likely N-dealkylation sites (tertiary alicyclic amines) is 1. The average molecular weight is 278 g/mol. The lowest BCUT2D eigenvalue weighted by atomic mass is 9.68. The van der Waals surface area contributed by atoms with Gasteiger partial charge in [0.2, 0.25) is 0 Å². The minimum atomic E-state index is 0.458. The largest absolute Gasteiger partial charge is 0.315 e. The van der Waals surface area contributed by atoms with Crippen LogP contribution in [-0.4, -0.2) is 36.6 Å². The van der Waals surface area contributed by atoms with Gasteiger partial charge in [-0.1, -0.05) is 33.1 Å². The molecule has 4 unspecified atom stereocenters. The standard InChI is InChI=1S/C18H34N2/c1-18(2)12-6-11-16(17(18)19-3)20-13-7-9-14-8-4-5-10-15(14)20/h14-17,19H,4-13H2,1-3H3. The summed E-state index contributed by atoms with van der Waals surface area (Å²) in [7, 11) is 2.19. The van der Waals surface area contributed by atoms with Crippen LogP contribution in [0.4, 0.5) is 0 Å². The summed E-state index contributed by atoms with van der Waals surface area (Å²) in [6, 6.07) is 2.37. The van der Waals surface area contributed by atoms with Crippen molar-refractivity contribution < 1.29 is 0 Å². The summed E-state index contributed by atoms with van der Waals surface area (Å²) >= 11 is 0. The molecule has 3 fully saturated rings. The molecule has 0 bridgehead atoms. The van der Waals surface area contributed by atoms with E-state index in [0.717, 1.165) is 18.0 Å². The molecule has 1 saturated heterocycles. The van der Waals surface area contributed by atoms with E-state index < -0.39 is 0 Å². The zero-order chi connectivity index (χ0) is 14.2. The topological polar surface area (TPSA) is 15.3 Å². The molecule has 2 heteroatoms. The molecule has 1 heterocycles. The molecule has 20 heavy (non-hydrogen) atoms. The van der Waals surface area contributed by atoms with Crippen molar-refractivity contribution >= 4 is 0 Å². The van der Waals surface area contributed by atoms with Gasteiger partial charge in [0, 0.05) is 18.1 Å². The maximum absolute atomic E-state index is 3.70. The number of hydrogen-bond donors (Lipinski definition) is 1. The second-order valence-corrected chi connectivity index (χ2v) is 8.21. The van der Waals surface area contributed by atoms with Crippen LogP contribution in [0, 0.1) is 11.3 Å². The third kappa shape index (κ3) is 2.66. The van der Waals surface area contributed by atoms with Crippen molar-refractivity contribution in [3.05, 3.63) is 0 Å². The van der Waals surface area contributed by atoms with E-state index in [9.17, 15) is 0 Å². The van der Waals surface area contributed by atoms with Gasteiger partial charge in [0.15, 0.2) is 0 Å². The van der Waals surface area contributed by atoms with E-state index in [-0.39, 0.29) is 0 Å². The number of nitrogens with zero attached hydrogens (tertiary/aromatic N) is 1. The van der Waals surface area contributed by atoms with E-state index in [1.165, 1.54) is 64.3 Å². The van der Waals surface area contributed by atoms with E-state index in [0.29, 0.717) is 11.5 Å². The summed E-state index contributed by atoms with van der Waals surface area (Å²) in [5.74, 6) is 1.01. The lowest BCUT2D eigenvalue weighted by Gasteiger charge is -2.54. The van der Waals surface area contributed by atoms with Gasteiger partial charge in [-0.2, -0.15) is 0 Å². The van der Waals surface area contributed by atoms with Crippen molar-refractivity contribution in [2.45, 2.75) is 89.8 Å². The molecular weight excluding hydrogens is 244 g/mol. The molecule has 1 aliphatic heterocycles. The molecule has 4 atom stereocenters. The van der Waals surface area contributed by atoms with Crippen molar-refractivity contribution in [2.24, 2.45) is 11.3 Å². The van der Waals surface area contributed by atoms with Crippen LogP contribution < -0.4 is 5.32 Å². The fourth-order valence-corrected chi connectivity index (χ4v) is 5.63. The van der Waals surface area contributed by atoms with Gasteiger partial charge in [0.05, 0.1) is 0 Å². The van der Waals surface area contributed by atoms with Crippen molar-refractivity contribution in [3.8, 4) is 0 Å². The first kappa shape index (κ1) is 14.8. The Balaban J connectivity index is 1.78. The Morgan fingerprint density at radius 1 is 0.900 bits per heavy atom. The maximum Gasteiger partial charge on any atom is 0.0271 e. The lowest BCUT2D eigenvalue weighted by molar-refractivity contribution is -0.0256. The molecule has 2 aliphatic carbocycles. The normalized spacial score (nSPS) is 42.1. The predicted octanol–water partition coefficient (Wildman–Crippen LogP) is 3.81. The van der Waals surface area contributed by atoms with Gasteiger partial charge in [-0.3, -0.25) is 4.90 Å². The Morgan fingerprint density at radius 2 is 1.60 bits per heavy atom. The highest BCUT2D eigenvalue weighted by Crippen LogP contribution is 2.42. The Kier molecular flexibility index (Phi) is 4.42. The molecule has 0 aromatic rings. The summed E-state index contributed by atoms with van der Waals surface area (Å²) in [5.41, 5.74) is 0.458. The highest BCUT2D eigenvalue weighted by molar-refractivity contribution is 5.01. The molecule has 2 saturated carbocycles. The van der Waals surface area contributed by atoms with Gasteiger partial charge in [-0.05, 0) is 63.5 Å². The second kappa shape index (κ2) is 5.96. The van der Waals surface area contributed by atoms with Gasteiger partial charge in [0.1, 0.15) is 0 Å². The van der Waals surface area contributed by atoms with Crippen LogP contribution in [-0.2, 0) is 0 Å². The minimum absolute atomic E-state index is 0.458. The number of rotatable bonds is 2. The van der Waals surface area contributed by atoms with Crippen molar-refractivity contribution in [2.75, 3.05) is 13.6 Å². The van der Waals surface area contributed by atoms with E-state index in [2.05, 4.69) is 31.1 Å². The Bertz CT molecular complexity index is 323.